The van der Waals surface area contributed by atoms with Crippen LogP contribution in [0.15, 0.2) is 243 Å². The van der Waals surface area contributed by atoms with Gasteiger partial charge in [0.25, 0.3) is 0 Å². The van der Waals surface area contributed by atoms with Crippen molar-refractivity contribution in [1.82, 2.24) is 0 Å². The van der Waals surface area contributed by atoms with Crippen molar-refractivity contribution < 1.29 is 4.74 Å². The number of para-hydroxylation sites is 2. The highest BCUT2D eigenvalue weighted by molar-refractivity contribution is 7.27. The topological polar surface area (TPSA) is 12.5 Å². The molecule has 1 spiro atoms. The second-order valence-electron chi connectivity index (χ2n) is 16.2. The van der Waals surface area contributed by atoms with E-state index in [1.54, 1.807) is 0 Å². The highest BCUT2D eigenvalue weighted by atomic mass is 28.3. The van der Waals surface area contributed by atoms with Crippen molar-refractivity contribution >= 4 is 81.0 Å². The van der Waals surface area contributed by atoms with Crippen LogP contribution in [0.1, 0.15) is 0 Å². The van der Waals surface area contributed by atoms with Gasteiger partial charge in [-0.05, 0) is 96.0 Å². The van der Waals surface area contributed by atoms with Gasteiger partial charge in [-0.2, -0.15) is 0 Å². The second kappa shape index (κ2) is 14.9. The van der Waals surface area contributed by atoms with E-state index in [4.69, 9.17) is 4.74 Å². The normalized spacial score (nSPS) is 13.4. The zero-order valence-electron chi connectivity index (χ0n) is 33.9. The number of rotatable bonds is 6. The molecule has 1 radical (unpaired) electrons. The van der Waals surface area contributed by atoms with Gasteiger partial charge in [-0.3, -0.25) is 0 Å². The molecule has 0 unspecified atom stereocenters. The standard InChI is InChI=1S/C58H40NOSi2/c1-3-17-41(18-4-1)42-33-36-46(37-34-42)59(50-26-16-20-43-19-7-8-25-49(43)50)47-22-15-21-44(39-47)45-35-38-58-54(40-45)61(48-23-5-2-6-24-48)53-29-11-14-32-57(53)62(58)55-30-12-9-27-51(55)60-52-28-10-13-31-56(52)62/h1-40H. The Bertz CT molecular complexity index is 3240. The molecule has 2 nitrogen and oxygen atoms in total. The minimum atomic E-state index is -2.83. The number of hydrogen-bond acceptors (Lipinski definition) is 2. The third-order valence-electron chi connectivity index (χ3n) is 12.8. The zero-order valence-corrected chi connectivity index (χ0v) is 35.9. The number of nitrogens with zero attached hydrogens (tertiary/aromatic N) is 1. The van der Waals surface area contributed by atoms with Gasteiger partial charge >= 0.3 is 0 Å². The highest BCUT2D eigenvalue weighted by Gasteiger charge is 2.53. The molecule has 291 valence electrons. The van der Waals surface area contributed by atoms with Gasteiger partial charge in [-0.1, -0.05) is 211 Å². The van der Waals surface area contributed by atoms with Gasteiger partial charge in [0.1, 0.15) is 11.5 Å². The van der Waals surface area contributed by atoms with Crippen molar-refractivity contribution in [2.45, 2.75) is 0 Å². The number of fused-ring (bicyclic) bond motifs is 9. The van der Waals surface area contributed by atoms with Crippen LogP contribution < -0.4 is 45.9 Å². The fraction of sp³-hybridized carbons (Fsp3) is 0. The van der Waals surface area contributed by atoms with E-state index in [9.17, 15) is 0 Å². The number of benzene rings is 10. The fourth-order valence-corrected chi connectivity index (χ4v) is 19.8. The summed E-state index contributed by atoms with van der Waals surface area (Å²) in [5.74, 6) is 1.94. The first-order valence-electron chi connectivity index (χ1n) is 21.3. The third kappa shape index (κ3) is 5.76. The summed E-state index contributed by atoms with van der Waals surface area (Å²) in [5.41, 5.74) is 8.19. The molecule has 4 heteroatoms. The van der Waals surface area contributed by atoms with Crippen LogP contribution in [0.4, 0.5) is 17.1 Å². The van der Waals surface area contributed by atoms with E-state index in [1.807, 2.05) is 0 Å². The average molecular weight is 823 g/mol. The SMILES string of the molecule is c1ccc(-c2ccc(N(c3cccc(-c4ccc5c(c4)[Si](c4ccccc4)c4ccccc4[Si]54c5ccccc5Oc5ccccc54)c3)c3cccc4ccccc34)cc2)cc1. The van der Waals surface area contributed by atoms with E-state index >= 15 is 0 Å². The van der Waals surface area contributed by atoms with E-state index in [0.717, 1.165) is 28.6 Å². The molecule has 10 aromatic rings. The molecule has 2 heterocycles. The summed E-state index contributed by atoms with van der Waals surface area (Å²) in [5, 5.41) is 12.3. The molecule has 0 aromatic heterocycles. The van der Waals surface area contributed by atoms with Gasteiger partial charge in [0.05, 0.1) is 5.69 Å². The average Bonchev–Trinajstić information content (AvgIpc) is 3.35. The molecule has 10 aromatic carbocycles. The second-order valence-corrected chi connectivity index (χ2v) is 22.2. The lowest BCUT2D eigenvalue weighted by molar-refractivity contribution is 0.487. The van der Waals surface area contributed by atoms with Crippen molar-refractivity contribution in [1.29, 1.82) is 0 Å². The van der Waals surface area contributed by atoms with Crippen LogP contribution in [0.5, 0.6) is 11.5 Å². The third-order valence-corrected chi connectivity index (χ3v) is 21.1. The lowest BCUT2D eigenvalue weighted by Gasteiger charge is -2.45. The summed E-state index contributed by atoms with van der Waals surface area (Å²) in [6, 6.07) is 89.7. The van der Waals surface area contributed by atoms with E-state index in [2.05, 4.69) is 248 Å². The van der Waals surface area contributed by atoms with Crippen LogP contribution >= 0.6 is 0 Å². The Morgan fingerprint density at radius 2 is 0.903 bits per heavy atom. The van der Waals surface area contributed by atoms with E-state index in [1.165, 1.54) is 69.3 Å². The van der Waals surface area contributed by atoms with Crippen molar-refractivity contribution in [2.24, 2.45) is 0 Å². The van der Waals surface area contributed by atoms with E-state index < -0.39 is 16.9 Å². The summed E-state index contributed by atoms with van der Waals surface area (Å²) in [7, 11) is -4.26. The first-order valence-corrected chi connectivity index (χ1v) is 24.8. The summed E-state index contributed by atoms with van der Waals surface area (Å²) < 4.78 is 6.74. The molecule has 62 heavy (non-hydrogen) atoms. The quantitative estimate of drug-likeness (QED) is 0.155. The van der Waals surface area contributed by atoms with Gasteiger partial charge in [0.15, 0.2) is 16.9 Å². The minimum absolute atomic E-state index is 0.969. The monoisotopic (exact) mass is 822 g/mol. The van der Waals surface area contributed by atoms with Crippen LogP contribution in [0.25, 0.3) is 33.0 Å². The molecule has 0 saturated heterocycles. The Balaban J connectivity index is 1.07. The molecule has 12 rings (SSSR count). The molecule has 2 aliphatic heterocycles. The van der Waals surface area contributed by atoms with Crippen LogP contribution in [-0.2, 0) is 0 Å². The largest absolute Gasteiger partial charge is 0.458 e. The molecular formula is C58H40NOSi2. The maximum Gasteiger partial charge on any atom is 0.188 e. The lowest BCUT2D eigenvalue weighted by atomic mass is 10.0. The maximum atomic E-state index is 6.74. The summed E-state index contributed by atoms with van der Waals surface area (Å²) in [6.45, 7) is 0. The molecule has 0 atom stereocenters. The number of hydrogen-bond donors (Lipinski definition) is 0. The Labute approximate surface area is 365 Å². The first kappa shape index (κ1) is 36.4. The summed E-state index contributed by atoms with van der Waals surface area (Å²) in [4.78, 5) is 2.42. The van der Waals surface area contributed by atoms with Crippen molar-refractivity contribution in [3.05, 3.63) is 243 Å². The van der Waals surface area contributed by atoms with Crippen molar-refractivity contribution in [3.8, 4) is 33.8 Å². The van der Waals surface area contributed by atoms with Crippen molar-refractivity contribution in [3.63, 3.8) is 0 Å². The van der Waals surface area contributed by atoms with E-state index in [-0.39, 0.29) is 0 Å². The Kier molecular flexibility index (Phi) is 8.73. The molecule has 0 amide bonds. The van der Waals surface area contributed by atoms with Crippen LogP contribution in [0.3, 0.4) is 0 Å². The first-order chi connectivity index (χ1) is 30.8. The molecule has 0 fully saturated rings. The number of anilines is 3. The van der Waals surface area contributed by atoms with Gasteiger partial charge in [0.2, 0.25) is 0 Å². The van der Waals surface area contributed by atoms with Crippen LogP contribution in [0.2, 0.25) is 0 Å². The highest BCUT2D eigenvalue weighted by Crippen LogP contribution is 2.41. The Morgan fingerprint density at radius 1 is 0.355 bits per heavy atom. The molecular weight excluding hydrogens is 783 g/mol. The van der Waals surface area contributed by atoms with Crippen molar-refractivity contribution in [2.75, 3.05) is 4.90 Å². The summed E-state index contributed by atoms with van der Waals surface area (Å²) in [6.07, 6.45) is 0. The number of ether oxygens (including phenoxy) is 1. The Morgan fingerprint density at radius 3 is 1.68 bits per heavy atom. The zero-order chi connectivity index (χ0) is 41.0. The van der Waals surface area contributed by atoms with Gasteiger partial charge in [-0.15, -0.1) is 0 Å². The molecule has 0 bridgehead atoms. The predicted molar refractivity (Wildman–Crippen MR) is 264 cm³/mol. The van der Waals surface area contributed by atoms with Gasteiger partial charge in [0, 0.05) is 16.8 Å². The fourth-order valence-electron chi connectivity index (χ4n) is 10.2. The molecule has 0 N–H and O–H groups in total. The smallest absolute Gasteiger partial charge is 0.188 e. The van der Waals surface area contributed by atoms with Gasteiger partial charge < -0.3 is 9.64 Å². The predicted octanol–water partition coefficient (Wildman–Crippen LogP) is 9.96. The lowest BCUT2D eigenvalue weighted by Crippen LogP contribution is -2.87. The van der Waals surface area contributed by atoms with Gasteiger partial charge in [-0.25, -0.2) is 0 Å². The molecule has 2 aliphatic rings. The maximum absolute atomic E-state index is 6.74. The van der Waals surface area contributed by atoms with Crippen LogP contribution in [0, 0.1) is 0 Å². The van der Waals surface area contributed by atoms with Crippen LogP contribution in [-0.4, -0.2) is 16.9 Å². The van der Waals surface area contributed by atoms with E-state index in [0.29, 0.717) is 0 Å². The minimum Gasteiger partial charge on any atom is -0.458 e. The summed E-state index contributed by atoms with van der Waals surface area (Å²) >= 11 is 0. The molecule has 0 saturated carbocycles. The molecule has 0 aliphatic carbocycles. The Hall–Kier alpha value is -7.51.